The predicted molar refractivity (Wildman–Crippen MR) is 92.3 cm³/mol. The van der Waals surface area contributed by atoms with E-state index in [1.807, 2.05) is 53.6 Å². The third-order valence-electron chi connectivity index (χ3n) is 4.38. The molecule has 23 heavy (non-hydrogen) atoms. The van der Waals surface area contributed by atoms with Crippen LogP contribution in [0.4, 0.5) is 0 Å². The van der Waals surface area contributed by atoms with E-state index in [-0.39, 0.29) is 5.91 Å². The summed E-state index contributed by atoms with van der Waals surface area (Å²) in [5.41, 5.74) is 1.22. The zero-order valence-corrected chi connectivity index (χ0v) is 14.1. The van der Waals surface area contributed by atoms with Gasteiger partial charge < -0.3 is 10.4 Å². The molecule has 1 aromatic heterocycles. The summed E-state index contributed by atoms with van der Waals surface area (Å²) >= 11 is 1.64. The lowest BCUT2D eigenvalue weighted by Gasteiger charge is -2.25. The Labute approximate surface area is 140 Å². The molecule has 0 bridgehead atoms. The van der Waals surface area contributed by atoms with E-state index in [1.54, 1.807) is 11.3 Å². The first-order chi connectivity index (χ1) is 11.1. The molecule has 1 aliphatic rings. The summed E-state index contributed by atoms with van der Waals surface area (Å²) in [5, 5.41) is 15.9. The van der Waals surface area contributed by atoms with Gasteiger partial charge in [-0.2, -0.15) is 0 Å². The summed E-state index contributed by atoms with van der Waals surface area (Å²) in [6.45, 7) is 4.16. The molecule has 1 amide bonds. The third-order valence-corrected chi connectivity index (χ3v) is 5.26. The lowest BCUT2D eigenvalue weighted by atomic mass is 9.89. The van der Waals surface area contributed by atoms with E-state index in [0.717, 1.165) is 22.5 Å². The van der Waals surface area contributed by atoms with Gasteiger partial charge in [0.25, 0.3) is 0 Å². The van der Waals surface area contributed by atoms with E-state index in [1.165, 1.54) is 0 Å². The molecule has 5 heteroatoms. The van der Waals surface area contributed by atoms with Crippen LogP contribution in [0.2, 0.25) is 0 Å². The first-order valence-corrected chi connectivity index (χ1v) is 8.75. The molecule has 0 saturated carbocycles. The highest BCUT2D eigenvalue weighted by Crippen LogP contribution is 2.33. The minimum absolute atomic E-state index is 0.00688. The Kier molecular flexibility index (Phi) is 4.80. The van der Waals surface area contributed by atoms with Crippen LogP contribution in [0, 0.1) is 6.92 Å². The van der Waals surface area contributed by atoms with Crippen molar-refractivity contribution in [2.75, 3.05) is 19.6 Å². The van der Waals surface area contributed by atoms with E-state index in [0.29, 0.717) is 26.1 Å². The number of β-amino-alcohol motifs (C(OH)–C–C–N with tert-alkyl or cyclic N) is 1. The van der Waals surface area contributed by atoms with Crippen LogP contribution in [-0.2, 0) is 16.9 Å². The Bertz CT molecular complexity index is 671. The molecule has 3 rings (SSSR count). The topological polar surface area (TPSA) is 52.6 Å². The predicted octanol–water partition coefficient (Wildman–Crippen LogP) is 2.27. The number of hydrogen-bond donors (Lipinski definition) is 2. The van der Waals surface area contributed by atoms with Crippen LogP contribution in [-0.4, -0.2) is 35.5 Å². The Balaban J connectivity index is 1.55. The summed E-state index contributed by atoms with van der Waals surface area (Å²) in [7, 11) is 0. The standard InChI is InChI=1S/C18H22N2O2S/c1-14-5-2-3-7-16(14)18(22)8-9-20(13-18)12-17(21)19-11-15-6-4-10-23-15/h2-7,10,22H,8-9,11-13H2,1H3,(H,19,21)/t18-/m1/s1. The van der Waals surface area contributed by atoms with Gasteiger partial charge in [0.1, 0.15) is 5.60 Å². The molecule has 1 atom stereocenters. The molecule has 1 fully saturated rings. The summed E-state index contributed by atoms with van der Waals surface area (Å²) < 4.78 is 0. The number of amides is 1. The number of carbonyl (C=O) groups excluding carboxylic acids is 1. The van der Waals surface area contributed by atoms with Crippen LogP contribution in [0.15, 0.2) is 41.8 Å². The second kappa shape index (κ2) is 6.83. The van der Waals surface area contributed by atoms with Gasteiger partial charge in [-0.05, 0) is 35.9 Å². The van der Waals surface area contributed by atoms with Crippen molar-refractivity contribution in [2.45, 2.75) is 25.5 Å². The molecular formula is C18H22N2O2S. The van der Waals surface area contributed by atoms with Crippen LogP contribution in [0.1, 0.15) is 22.4 Å². The number of nitrogens with one attached hydrogen (secondary N) is 1. The Hall–Kier alpha value is -1.69. The fourth-order valence-electron chi connectivity index (χ4n) is 3.18. The number of hydrogen-bond acceptors (Lipinski definition) is 4. The molecule has 4 nitrogen and oxygen atoms in total. The van der Waals surface area contributed by atoms with Crippen molar-refractivity contribution in [2.24, 2.45) is 0 Å². The van der Waals surface area contributed by atoms with Crippen molar-refractivity contribution < 1.29 is 9.90 Å². The Morgan fingerprint density at radius 3 is 2.91 bits per heavy atom. The van der Waals surface area contributed by atoms with Gasteiger partial charge in [0, 0.05) is 18.0 Å². The van der Waals surface area contributed by atoms with Gasteiger partial charge >= 0.3 is 0 Å². The van der Waals surface area contributed by atoms with Crippen LogP contribution in [0.25, 0.3) is 0 Å². The third kappa shape index (κ3) is 3.80. The van der Waals surface area contributed by atoms with E-state index < -0.39 is 5.60 Å². The minimum Gasteiger partial charge on any atom is -0.384 e. The van der Waals surface area contributed by atoms with Gasteiger partial charge in [0.2, 0.25) is 5.91 Å². The number of aryl methyl sites for hydroxylation is 1. The quantitative estimate of drug-likeness (QED) is 0.884. The van der Waals surface area contributed by atoms with E-state index >= 15 is 0 Å². The maximum atomic E-state index is 12.1. The summed E-state index contributed by atoms with van der Waals surface area (Å²) in [6, 6.07) is 11.9. The van der Waals surface area contributed by atoms with Gasteiger partial charge in [-0.1, -0.05) is 30.3 Å². The molecule has 2 aromatic rings. The van der Waals surface area contributed by atoms with Gasteiger partial charge in [0.05, 0.1) is 13.1 Å². The SMILES string of the molecule is Cc1ccccc1[C@@]1(O)CCN(CC(=O)NCc2cccs2)C1. The molecule has 2 heterocycles. The largest absolute Gasteiger partial charge is 0.384 e. The number of likely N-dealkylation sites (tertiary alicyclic amines) is 1. The van der Waals surface area contributed by atoms with Crippen molar-refractivity contribution in [1.82, 2.24) is 10.2 Å². The van der Waals surface area contributed by atoms with E-state index in [9.17, 15) is 9.90 Å². The lowest BCUT2D eigenvalue weighted by molar-refractivity contribution is -0.122. The molecule has 1 aromatic carbocycles. The van der Waals surface area contributed by atoms with Gasteiger partial charge in [-0.25, -0.2) is 0 Å². The Morgan fingerprint density at radius 2 is 2.17 bits per heavy atom. The summed E-state index contributed by atoms with van der Waals surface area (Å²) in [4.78, 5) is 15.3. The fourth-order valence-corrected chi connectivity index (χ4v) is 3.82. The smallest absolute Gasteiger partial charge is 0.234 e. The normalized spacial score (nSPS) is 21.5. The lowest BCUT2D eigenvalue weighted by Crippen LogP contribution is -2.38. The molecule has 0 spiro atoms. The van der Waals surface area contributed by atoms with Crippen molar-refractivity contribution in [3.8, 4) is 0 Å². The number of aliphatic hydroxyl groups is 1. The number of carbonyl (C=O) groups is 1. The van der Waals surface area contributed by atoms with Gasteiger partial charge in [-0.15, -0.1) is 11.3 Å². The highest BCUT2D eigenvalue weighted by atomic mass is 32.1. The number of rotatable bonds is 5. The summed E-state index contributed by atoms with van der Waals surface area (Å²) in [5.74, 6) is 0.00688. The molecule has 122 valence electrons. The molecule has 0 radical (unpaired) electrons. The molecule has 1 aliphatic heterocycles. The average molecular weight is 330 g/mol. The monoisotopic (exact) mass is 330 g/mol. The average Bonchev–Trinajstić information content (AvgIpc) is 3.16. The van der Waals surface area contributed by atoms with Gasteiger partial charge in [0.15, 0.2) is 0 Å². The molecule has 0 aliphatic carbocycles. The van der Waals surface area contributed by atoms with E-state index in [2.05, 4.69) is 5.32 Å². The number of thiophene rings is 1. The number of benzene rings is 1. The second-order valence-electron chi connectivity index (χ2n) is 6.16. The van der Waals surface area contributed by atoms with Crippen molar-refractivity contribution in [3.05, 3.63) is 57.8 Å². The molecule has 0 unspecified atom stereocenters. The second-order valence-corrected chi connectivity index (χ2v) is 7.20. The summed E-state index contributed by atoms with van der Waals surface area (Å²) in [6.07, 6.45) is 0.663. The fraction of sp³-hybridized carbons (Fsp3) is 0.389. The molecular weight excluding hydrogens is 308 g/mol. The first-order valence-electron chi connectivity index (χ1n) is 7.87. The highest BCUT2D eigenvalue weighted by molar-refractivity contribution is 7.09. The van der Waals surface area contributed by atoms with Crippen LogP contribution in [0.5, 0.6) is 0 Å². The van der Waals surface area contributed by atoms with Crippen molar-refractivity contribution >= 4 is 17.2 Å². The van der Waals surface area contributed by atoms with Crippen molar-refractivity contribution in [1.29, 1.82) is 0 Å². The highest BCUT2D eigenvalue weighted by Gasteiger charge is 2.38. The van der Waals surface area contributed by atoms with Crippen molar-refractivity contribution in [3.63, 3.8) is 0 Å². The maximum absolute atomic E-state index is 12.1. The maximum Gasteiger partial charge on any atom is 0.234 e. The van der Waals surface area contributed by atoms with Crippen LogP contribution >= 0.6 is 11.3 Å². The first kappa shape index (κ1) is 16.2. The van der Waals surface area contributed by atoms with Gasteiger partial charge in [-0.3, -0.25) is 9.69 Å². The molecule has 2 N–H and O–H groups in total. The zero-order valence-electron chi connectivity index (χ0n) is 13.3. The minimum atomic E-state index is -0.848. The molecule has 1 saturated heterocycles. The van der Waals surface area contributed by atoms with E-state index in [4.69, 9.17) is 0 Å². The Morgan fingerprint density at radius 1 is 1.35 bits per heavy atom. The van der Waals surface area contributed by atoms with Crippen LogP contribution in [0.3, 0.4) is 0 Å². The zero-order chi connectivity index (χ0) is 16.3. The van der Waals surface area contributed by atoms with Crippen LogP contribution < -0.4 is 5.32 Å². The number of nitrogens with zero attached hydrogens (tertiary/aromatic N) is 1.